The van der Waals surface area contributed by atoms with Crippen LogP contribution in [-0.2, 0) is 12.8 Å². The lowest BCUT2D eigenvalue weighted by atomic mass is 9.80. The second-order valence-electron chi connectivity index (χ2n) is 5.30. The van der Waals surface area contributed by atoms with Gasteiger partial charge < -0.3 is 0 Å². The minimum absolute atomic E-state index is 0.0735. The van der Waals surface area contributed by atoms with Crippen LogP contribution in [0.25, 0.3) is 0 Å². The fraction of sp³-hybridized carbons (Fsp3) is 0.294. The normalized spacial score (nSPS) is 21.6. The molecule has 0 aromatic heterocycles. The van der Waals surface area contributed by atoms with Crippen molar-refractivity contribution in [3.8, 4) is 0 Å². The standard InChI is InChI=1S/C17H15Cl2F/c18-15-6-3-7-16(20)14(15)10-12-9-8-11-4-1-2-5-13(11)17(12)19/h1-7,12,17H,8-10H2. The topological polar surface area (TPSA) is 0 Å². The Bertz CT molecular complexity index is 604. The first-order valence-corrected chi connectivity index (χ1v) is 7.63. The van der Waals surface area contributed by atoms with E-state index in [2.05, 4.69) is 12.1 Å². The fourth-order valence-electron chi connectivity index (χ4n) is 2.97. The van der Waals surface area contributed by atoms with Crippen molar-refractivity contribution >= 4 is 23.2 Å². The summed E-state index contributed by atoms with van der Waals surface area (Å²) in [6.45, 7) is 0. The minimum atomic E-state index is -0.236. The first-order chi connectivity index (χ1) is 9.66. The molecule has 0 radical (unpaired) electrons. The average molecular weight is 309 g/mol. The van der Waals surface area contributed by atoms with E-state index in [0.29, 0.717) is 17.0 Å². The lowest BCUT2D eigenvalue weighted by Crippen LogP contribution is -2.19. The van der Waals surface area contributed by atoms with Gasteiger partial charge in [-0.3, -0.25) is 0 Å². The van der Waals surface area contributed by atoms with Gasteiger partial charge in [-0.05, 0) is 48.4 Å². The minimum Gasteiger partial charge on any atom is -0.207 e. The molecular formula is C17H15Cl2F. The second-order valence-corrected chi connectivity index (χ2v) is 6.18. The summed E-state index contributed by atoms with van der Waals surface area (Å²) in [5.74, 6) is -0.0128. The van der Waals surface area contributed by atoms with Crippen molar-refractivity contribution in [1.82, 2.24) is 0 Å². The van der Waals surface area contributed by atoms with Crippen molar-refractivity contribution in [2.45, 2.75) is 24.6 Å². The molecule has 2 aromatic carbocycles. The molecule has 20 heavy (non-hydrogen) atoms. The summed E-state index contributed by atoms with van der Waals surface area (Å²) < 4.78 is 13.9. The first kappa shape index (κ1) is 13.9. The maximum Gasteiger partial charge on any atom is 0.127 e. The Labute approximate surface area is 128 Å². The highest BCUT2D eigenvalue weighted by molar-refractivity contribution is 6.31. The van der Waals surface area contributed by atoms with Crippen LogP contribution in [0.15, 0.2) is 42.5 Å². The van der Waals surface area contributed by atoms with Gasteiger partial charge in [0, 0.05) is 10.6 Å². The maximum atomic E-state index is 13.9. The van der Waals surface area contributed by atoms with Crippen molar-refractivity contribution in [1.29, 1.82) is 0 Å². The quantitative estimate of drug-likeness (QED) is 0.637. The Morgan fingerprint density at radius 1 is 1.10 bits per heavy atom. The highest BCUT2D eigenvalue weighted by Gasteiger charge is 2.28. The molecule has 0 saturated heterocycles. The van der Waals surface area contributed by atoms with E-state index in [9.17, 15) is 4.39 Å². The molecule has 1 aliphatic rings. The molecule has 0 heterocycles. The molecule has 3 rings (SSSR count). The molecule has 1 aliphatic carbocycles. The van der Waals surface area contributed by atoms with Crippen LogP contribution in [0.4, 0.5) is 4.39 Å². The summed E-state index contributed by atoms with van der Waals surface area (Å²) in [5.41, 5.74) is 3.07. The average Bonchev–Trinajstić information content (AvgIpc) is 2.45. The van der Waals surface area contributed by atoms with E-state index >= 15 is 0 Å². The van der Waals surface area contributed by atoms with Crippen LogP contribution in [0.5, 0.6) is 0 Å². The third kappa shape index (κ3) is 2.57. The van der Waals surface area contributed by atoms with Gasteiger partial charge in [-0.2, -0.15) is 0 Å². The molecule has 0 nitrogen and oxygen atoms in total. The number of hydrogen-bond donors (Lipinski definition) is 0. The molecule has 0 bridgehead atoms. The highest BCUT2D eigenvalue weighted by atomic mass is 35.5. The van der Waals surface area contributed by atoms with E-state index < -0.39 is 0 Å². The summed E-state index contributed by atoms with van der Waals surface area (Å²) in [6.07, 6.45) is 2.56. The number of halogens is 3. The summed E-state index contributed by atoms with van der Waals surface area (Å²) in [7, 11) is 0. The molecule has 0 N–H and O–H groups in total. The summed E-state index contributed by atoms with van der Waals surface area (Å²) >= 11 is 12.7. The zero-order valence-corrected chi connectivity index (χ0v) is 12.5. The number of hydrogen-bond acceptors (Lipinski definition) is 0. The predicted octanol–water partition coefficient (Wildman–Crippen LogP) is 5.56. The van der Waals surface area contributed by atoms with Crippen LogP contribution in [0, 0.1) is 11.7 Å². The molecule has 0 aliphatic heterocycles. The molecule has 0 saturated carbocycles. The van der Waals surface area contributed by atoms with Crippen molar-refractivity contribution < 1.29 is 4.39 Å². The van der Waals surface area contributed by atoms with Gasteiger partial charge in [0.05, 0.1) is 5.38 Å². The van der Waals surface area contributed by atoms with Gasteiger partial charge in [0.15, 0.2) is 0 Å². The van der Waals surface area contributed by atoms with E-state index in [-0.39, 0.29) is 17.1 Å². The van der Waals surface area contributed by atoms with Gasteiger partial charge in [0.25, 0.3) is 0 Å². The molecule has 0 spiro atoms. The van der Waals surface area contributed by atoms with Gasteiger partial charge >= 0.3 is 0 Å². The molecule has 2 atom stereocenters. The van der Waals surface area contributed by atoms with Gasteiger partial charge in [0.2, 0.25) is 0 Å². The van der Waals surface area contributed by atoms with E-state index in [1.807, 2.05) is 12.1 Å². The smallest absolute Gasteiger partial charge is 0.127 e. The SMILES string of the molecule is Fc1cccc(Cl)c1CC1CCc2ccccc2C1Cl. The number of rotatable bonds is 2. The van der Waals surface area contributed by atoms with Crippen molar-refractivity contribution in [2.75, 3.05) is 0 Å². The molecule has 3 heteroatoms. The number of fused-ring (bicyclic) bond motifs is 1. The van der Waals surface area contributed by atoms with Gasteiger partial charge in [-0.25, -0.2) is 4.39 Å². The molecule has 0 amide bonds. The van der Waals surface area contributed by atoms with E-state index in [4.69, 9.17) is 23.2 Å². The van der Waals surface area contributed by atoms with Crippen LogP contribution in [0.2, 0.25) is 5.02 Å². The molecule has 2 unspecified atom stereocenters. The zero-order valence-electron chi connectivity index (χ0n) is 11.0. The number of aryl methyl sites for hydroxylation is 1. The molecule has 2 aromatic rings. The maximum absolute atomic E-state index is 13.9. The van der Waals surface area contributed by atoms with Crippen molar-refractivity contribution in [3.05, 3.63) is 70.0 Å². The Kier molecular flexibility index (Phi) is 4.00. The van der Waals surface area contributed by atoms with Crippen molar-refractivity contribution in [3.63, 3.8) is 0 Å². The van der Waals surface area contributed by atoms with Gasteiger partial charge in [-0.1, -0.05) is 41.9 Å². The van der Waals surface area contributed by atoms with Crippen LogP contribution < -0.4 is 0 Å². The summed E-state index contributed by atoms with van der Waals surface area (Å²) in [6, 6.07) is 13.1. The van der Waals surface area contributed by atoms with E-state index in [1.165, 1.54) is 17.2 Å². The predicted molar refractivity (Wildman–Crippen MR) is 82.0 cm³/mol. The lowest BCUT2D eigenvalue weighted by molar-refractivity contribution is 0.433. The van der Waals surface area contributed by atoms with Gasteiger partial charge in [-0.15, -0.1) is 11.6 Å². The largest absolute Gasteiger partial charge is 0.207 e. The second kappa shape index (κ2) is 5.75. The number of alkyl halides is 1. The van der Waals surface area contributed by atoms with Crippen LogP contribution >= 0.6 is 23.2 Å². The van der Waals surface area contributed by atoms with Crippen LogP contribution in [0.1, 0.15) is 28.5 Å². The van der Waals surface area contributed by atoms with E-state index in [1.54, 1.807) is 12.1 Å². The Morgan fingerprint density at radius 2 is 1.90 bits per heavy atom. The van der Waals surface area contributed by atoms with Crippen LogP contribution in [0.3, 0.4) is 0 Å². The third-order valence-electron chi connectivity index (χ3n) is 4.08. The molecular weight excluding hydrogens is 294 g/mol. The van der Waals surface area contributed by atoms with Crippen LogP contribution in [-0.4, -0.2) is 0 Å². The summed E-state index contributed by atoms with van der Waals surface area (Å²) in [4.78, 5) is 0. The zero-order chi connectivity index (χ0) is 14.1. The number of benzene rings is 2. The summed E-state index contributed by atoms with van der Waals surface area (Å²) in [5, 5.41) is 0.420. The van der Waals surface area contributed by atoms with Crippen molar-refractivity contribution in [2.24, 2.45) is 5.92 Å². The molecule has 104 valence electrons. The lowest BCUT2D eigenvalue weighted by Gasteiger charge is -2.30. The Morgan fingerprint density at radius 3 is 2.70 bits per heavy atom. The third-order valence-corrected chi connectivity index (χ3v) is 5.02. The fourth-order valence-corrected chi connectivity index (χ4v) is 3.64. The Balaban J connectivity index is 1.87. The van der Waals surface area contributed by atoms with E-state index in [0.717, 1.165) is 12.8 Å². The first-order valence-electron chi connectivity index (χ1n) is 6.81. The Hall–Kier alpha value is -1.05. The van der Waals surface area contributed by atoms with Gasteiger partial charge in [0.1, 0.15) is 5.82 Å². The monoisotopic (exact) mass is 308 g/mol. The molecule has 0 fully saturated rings. The highest BCUT2D eigenvalue weighted by Crippen LogP contribution is 2.41.